The Morgan fingerprint density at radius 3 is 2.93 bits per heavy atom. The van der Waals surface area contributed by atoms with E-state index in [0.29, 0.717) is 12.0 Å². The average Bonchev–Trinajstić information content (AvgIpc) is 3.36. The molecule has 1 fully saturated rings. The van der Waals surface area contributed by atoms with Gasteiger partial charge in [-0.2, -0.15) is 0 Å². The summed E-state index contributed by atoms with van der Waals surface area (Å²) in [4.78, 5) is 37.2. The van der Waals surface area contributed by atoms with E-state index in [2.05, 4.69) is 22.2 Å². The first-order valence-corrected chi connectivity index (χ1v) is 11.2. The fourth-order valence-electron chi connectivity index (χ4n) is 3.40. The molecule has 2 aliphatic carbocycles. The highest BCUT2D eigenvalue weighted by molar-refractivity contribution is 8.00. The van der Waals surface area contributed by atoms with E-state index >= 15 is 0 Å². The zero-order valence-electron chi connectivity index (χ0n) is 15.7. The summed E-state index contributed by atoms with van der Waals surface area (Å²) in [6.07, 6.45) is 7.05. The van der Waals surface area contributed by atoms with Crippen molar-refractivity contribution in [2.24, 2.45) is 5.92 Å². The Bertz CT molecular complexity index is 878. The third kappa shape index (κ3) is 4.27. The summed E-state index contributed by atoms with van der Waals surface area (Å²) in [7, 11) is 1.68. The van der Waals surface area contributed by atoms with Gasteiger partial charge in [-0.25, -0.2) is 9.97 Å². The van der Waals surface area contributed by atoms with Crippen LogP contribution < -0.4 is 5.32 Å². The molecule has 2 aliphatic rings. The predicted octanol–water partition coefficient (Wildman–Crippen LogP) is 2.65. The van der Waals surface area contributed by atoms with Gasteiger partial charge >= 0.3 is 0 Å². The van der Waals surface area contributed by atoms with Gasteiger partial charge in [0.15, 0.2) is 0 Å². The van der Waals surface area contributed by atoms with Gasteiger partial charge in [-0.15, -0.1) is 11.3 Å². The Balaban J connectivity index is 1.42. The maximum absolute atomic E-state index is 12.4. The first-order valence-electron chi connectivity index (χ1n) is 9.42. The molecule has 4 rings (SSSR count). The number of nitrogens with zero attached hydrogens (tertiary/aromatic N) is 3. The SMILES string of the molecule is C[C@@H]1CCc2c(sc3ncnc(SCC(=O)N(C)CC(=O)NC4CC4)c23)C1. The number of aryl methyl sites for hydroxylation is 1. The number of aromatic nitrogens is 2. The van der Waals surface area contributed by atoms with Gasteiger partial charge < -0.3 is 10.2 Å². The summed E-state index contributed by atoms with van der Waals surface area (Å²) >= 11 is 3.22. The lowest BCUT2D eigenvalue weighted by Crippen LogP contribution is -2.39. The van der Waals surface area contributed by atoms with Crippen molar-refractivity contribution in [2.75, 3.05) is 19.3 Å². The van der Waals surface area contributed by atoms with E-state index in [1.54, 1.807) is 24.7 Å². The van der Waals surface area contributed by atoms with Gasteiger partial charge in [0.05, 0.1) is 12.3 Å². The largest absolute Gasteiger partial charge is 0.352 e. The van der Waals surface area contributed by atoms with Crippen LogP contribution in [0.25, 0.3) is 10.2 Å². The number of thiophene rings is 1. The van der Waals surface area contributed by atoms with Crippen molar-refractivity contribution >= 4 is 45.1 Å². The molecule has 0 saturated heterocycles. The first-order chi connectivity index (χ1) is 13.0. The van der Waals surface area contributed by atoms with E-state index < -0.39 is 0 Å². The Kier molecular flexibility index (Phi) is 5.36. The molecule has 27 heavy (non-hydrogen) atoms. The molecule has 2 amide bonds. The monoisotopic (exact) mass is 404 g/mol. The summed E-state index contributed by atoms with van der Waals surface area (Å²) in [5.74, 6) is 0.853. The fourth-order valence-corrected chi connectivity index (χ4v) is 5.78. The van der Waals surface area contributed by atoms with Crippen LogP contribution in [-0.4, -0.2) is 52.1 Å². The number of hydrogen-bond donors (Lipinski definition) is 1. The maximum atomic E-state index is 12.4. The normalized spacial score (nSPS) is 19.0. The summed E-state index contributed by atoms with van der Waals surface area (Å²) in [5.41, 5.74) is 1.38. The average molecular weight is 405 g/mol. The van der Waals surface area contributed by atoms with E-state index in [4.69, 9.17) is 0 Å². The number of thioether (sulfide) groups is 1. The van der Waals surface area contributed by atoms with E-state index in [1.807, 2.05) is 0 Å². The number of amides is 2. The minimum atomic E-state index is -0.0798. The van der Waals surface area contributed by atoms with Crippen LogP contribution in [-0.2, 0) is 22.4 Å². The molecule has 8 heteroatoms. The van der Waals surface area contributed by atoms with Gasteiger partial charge in [-0.3, -0.25) is 9.59 Å². The Hall–Kier alpha value is -1.67. The van der Waals surface area contributed by atoms with Gasteiger partial charge in [0.25, 0.3) is 0 Å². The van der Waals surface area contributed by atoms with Gasteiger partial charge in [0, 0.05) is 23.4 Å². The molecule has 1 saturated carbocycles. The second-order valence-electron chi connectivity index (χ2n) is 7.59. The van der Waals surface area contributed by atoms with E-state index in [-0.39, 0.29) is 24.1 Å². The number of likely N-dealkylation sites (N-methyl/N-ethyl adjacent to an activating group) is 1. The van der Waals surface area contributed by atoms with Crippen LogP contribution in [0, 0.1) is 5.92 Å². The second-order valence-corrected chi connectivity index (χ2v) is 9.64. The van der Waals surface area contributed by atoms with E-state index in [9.17, 15) is 9.59 Å². The number of carbonyl (C=O) groups is 2. The molecule has 0 spiro atoms. The van der Waals surface area contributed by atoms with Crippen molar-refractivity contribution < 1.29 is 9.59 Å². The molecular weight excluding hydrogens is 380 g/mol. The van der Waals surface area contributed by atoms with Crippen molar-refractivity contribution in [1.29, 1.82) is 0 Å². The van der Waals surface area contributed by atoms with E-state index in [0.717, 1.165) is 40.9 Å². The minimum Gasteiger partial charge on any atom is -0.352 e. The standard InChI is InChI=1S/C19H24N4O2S2/c1-11-3-6-13-14(7-11)27-19-17(13)18(20-10-21-19)26-9-16(25)23(2)8-15(24)22-12-4-5-12/h10-12H,3-9H2,1-2H3,(H,22,24)/t11-/m1/s1. The van der Waals surface area contributed by atoms with Crippen molar-refractivity contribution in [1.82, 2.24) is 20.2 Å². The van der Waals surface area contributed by atoms with Gasteiger partial charge in [0.2, 0.25) is 11.8 Å². The van der Waals surface area contributed by atoms with Crippen LogP contribution >= 0.6 is 23.1 Å². The highest BCUT2D eigenvalue weighted by Gasteiger charge is 2.25. The molecule has 0 radical (unpaired) electrons. The number of fused-ring (bicyclic) bond motifs is 3. The Morgan fingerprint density at radius 1 is 1.33 bits per heavy atom. The lowest BCUT2D eigenvalue weighted by atomic mass is 9.89. The third-order valence-corrected chi connectivity index (χ3v) is 7.27. The van der Waals surface area contributed by atoms with Gasteiger partial charge in [-0.1, -0.05) is 18.7 Å². The lowest BCUT2D eigenvalue weighted by molar-refractivity contribution is -0.132. The lowest BCUT2D eigenvalue weighted by Gasteiger charge is -2.18. The van der Waals surface area contributed by atoms with Crippen LogP contribution in [0.1, 0.15) is 36.6 Å². The second kappa shape index (κ2) is 7.75. The zero-order chi connectivity index (χ0) is 19.0. The highest BCUT2D eigenvalue weighted by Crippen LogP contribution is 2.40. The number of rotatable bonds is 6. The molecule has 1 atom stereocenters. The van der Waals surface area contributed by atoms with Crippen LogP contribution in [0.4, 0.5) is 0 Å². The van der Waals surface area contributed by atoms with Crippen molar-refractivity contribution in [3.05, 3.63) is 16.8 Å². The Labute approximate surface area is 167 Å². The van der Waals surface area contributed by atoms with Crippen LogP contribution in [0.5, 0.6) is 0 Å². The van der Waals surface area contributed by atoms with Crippen molar-refractivity contribution in [3.63, 3.8) is 0 Å². The molecule has 0 unspecified atom stereocenters. The molecule has 1 N–H and O–H groups in total. The van der Waals surface area contributed by atoms with Crippen molar-refractivity contribution in [3.8, 4) is 0 Å². The van der Waals surface area contributed by atoms with Crippen LogP contribution in [0.3, 0.4) is 0 Å². The van der Waals surface area contributed by atoms with Gasteiger partial charge in [0.1, 0.15) is 16.2 Å². The summed E-state index contributed by atoms with van der Waals surface area (Å²) in [6, 6.07) is 0.317. The molecule has 2 aromatic rings. The van der Waals surface area contributed by atoms with E-state index in [1.165, 1.54) is 33.5 Å². The smallest absolute Gasteiger partial charge is 0.239 e. The zero-order valence-corrected chi connectivity index (χ0v) is 17.3. The Morgan fingerprint density at radius 2 is 2.15 bits per heavy atom. The van der Waals surface area contributed by atoms with Crippen LogP contribution in [0.2, 0.25) is 0 Å². The summed E-state index contributed by atoms with van der Waals surface area (Å²) in [5, 5.41) is 4.93. The number of carbonyl (C=O) groups excluding carboxylic acids is 2. The number of hydrogen-bond acceptors (Lipinski definition) is 6. The maximum Gasteiger partial charge on any atom is 0.239 e. The molecule has 6 nitrogen and oxygen atoms in total. The quantitative estimate of drug-likeness (QED) is 0.592. The third-order valence-electron chi connectivity index (χ3n) is 5.14. The predicted molar refractivity (Wildman–Crippen MR) is 108 cm³/mol. The first kappa shape index (κ1) is 18.7. The molecule has 2 aromatic heterocycles. The fraction of sp³-hybridized carbons (Fsp3) is 0.579. The molecular formula is C19H24N4O2S2. The molecule has 2 heterocycles. The summed E-state index contributed by atoms with van der Waals surface area (Å²) in [6.45, 7) is 2.41. The molecule has 0 aromatic carbocycles. The van der Waals surface area contributed by atoms with Crippen LogP contribution in [0.15, 0.2) is 11.4 Å². The number of nitrogens with one attached hydrogen (secondary N) is 1. The highest BCUT2D eigenvalue weighted by atomic mass is 32.2. The molecule has 144 valence electrons. The molecule has 0 aliphatic heterocycles. The summed E-state index contributed by atoms with van der Waals surface area (Å²) < 4.78 is 0. The molecule has 0 bridgehead atoms. The van der Waals surface area contributed by atoms with Gasteiger partial charge in [-0.05, 0) is 43.6 Å². The van der Waals surface area contributed by atoms with Crippen molar-refractivity contribution in [2.45, 2.75) is 50.1 Å². The minimum absolute atomic E-state index is 0.0598. The topological polar surface area (TPSA) is 75.2 Å².